The lowest BCUT2D eigenvalue weighted by atomic mass is 10.00. The van der Waals surface area contributed by atoms with E-state index in [1.807, 2.05) is 22.4 Å². The van der Waals surface area contributed by atoms with E-state index in [1.54, 1.807) is 0 Å². The number of piperazine rings is 1. The zero-order valence-electron chi connectivity index (χ0n) is 18.9. The number of benzene rings is 1. The van der Waals surface area contributed by atoms with Gasteiger partial charge in [-0.15, -0.1) is 11.3 Å². The molecule has 0 N–H and O–H groups in total. The molecule has 1 aliphatic carbocycles. The molecule has 0 unspecified atom stereocenters. The zero-order chi connectivity index (χ0) is 22.1. The van der Waals surface area contributed by atoms with Crippen LogP contribution >= 0.6 is 11.3 Å². The van der Waals surface area contributed by atoms with E-state index >= 15 is 0 Å². The van der Waals surface area contributed by atoms with Crippen molar-refractivity contribution in [3.05, 3.63) is 74.9 Å². The summed E-state index contributed by atoms with van der Waals surface area (Å²) >= 11 is 1.52. The summed E-state index contributed by atoms with van der Waals surface area (Å²) in [4.78, 5) is 28.1. The van der Waals surface area contributed by atoms with Crippen LogP contribution < -0.4 is 4.90 Å². The Labute approximate surface area is 194 Å². The Balaban J connectivity index is 1.43. The van der Waals surface area contributed by atoms with Gasteiger partial charge in [-0.2, -0.15) is 0 Å². The van der Waals surface area contributed by atoms with Gasteiger partial charge in [0.25, 0.3) is 5.91 Å². The topological polar surface area (TPSA) is 49.3 Å². The number of nitrogens with zero attached hydrogens (tertiary/aromatic N) is 4. The van der Waals surface area contributed by atoms with Crippen LogP contribution in [-0.4, -0.2) is 47.0 Å². The number of carbonyl (C=O) groups is 1. The van der Waals surface area contributed by atoms with Crippen LogP contribution in [0.4, 0.5) is 5.82 Å². The quantitative estimate of drug-likeness (QED) is 0.544. The van der Waals surface area contributed by atoms with Crippen molar-refractivity contribution in [3.8, 4) is 0 Å². The van der Waals surface area contributed by atoms with Crippen LogP contribution in [0.5, 0.6) is 0 Å². The largest absolute Gasteiger partial charge is 0.353 e. The van der Waals surface area contributed by atoms with E-state index < -0.39 is 0 Å². The maximum absolute atomic E-state index is 12.8. The molecule has 0 bridgehead atoms. The highest BCUT2D eigenvalue weighted by Gasteiger charge is 2.31. The minimum absolute atomic E-state index is 0.148. The third-order valence-corrected chi connectivity index (χ3v) is 7.29. The monoisotopic (exact) mass is 446 g/mol. The second kappa shape index (κ2) is 9.02. The lowest BCUT2D eigenvalue weighted by Gasteiger charge is -2.36. The molecule has 2 aromatic heterocycles. The van der Waals surface area contributed by atoms with Crippen molar-refractivity contribution in [1.29, 1.82) is 0 Å². The Morgan fingerprint density at radius 1 is 1.09 bits per heavy atom. The molecular weight excluding hydrogens is 416 g/mol. The number of rotatable bonds is 6. The van der Waals surface area contributed by atoms with Gasteiger partial charge in [-0.1, -0.05) is 42.8 Å². The van der Waals surface area contributed by atoms with E-state index in [-0.39, 0.29) is 5.91 Å². The third kappa shape index (κ3) is 4.42. The Bertz CT molecular complexity index is 1100. The van der Waals surface area contributed by atoms with E-state index in [0.717, 1.165) is 55.5 Å². The lowest BCUT2D eigenvalue weighted by molar-refractivity contribution is 0.0751. The van der Waals surface area contributed by atoms with Crippen LogP contribution in [-0.2, 0) is 12.8 Å². The van der Waals surface area contributed by atoms with Gasteiger partial charge in [-0.3, -0.25) is 4.79 Å². The highest BCUT2D eigenvalue weighted by atomic mass is 32.1. The fourth-order valence-corrected chi connectivity index (χ4v) is 5.19. The average molecular weight is 447 g/mol. The minimum atomic E-state index is 0.148. The van der Waals surface area contributed by atoms with Gasteiger partial charge in [0.15, 0.2) is 0 Å². The lowest BCUT2D eigenvalue weighted by Crippen LogP contribution is -2.49. The molecule has 1 saturated heterocycles. The smallest absolute Gasteiger partial charge is 0.264 e. The number of carbonyl (C=O) groups excluding carboxylic acids is 1. The first-order chi connectivity index (χ1) is 15.6. The van der Waals surface area contributed by atoms with E-state index in [1.165, 1.54) is 46.6 Å². The number of hydrogen-bond acceptors (Lipinski definition) is 5. The summed E-state index contributed by atoms with van der Waals surface area (Å²) in [5, 5.41) is 1.97. The standard InChI is InChI=1S/C26H30N4OS/c1-3-22-21(17-19-7-4-6-18(2)16-19)25(28-24(27-22)20-9-10-20)29-11-13-30(14-12-29)26(31)23-8-5-15-32-23/h4-8,15-16,20H,3,9-14,17H2,1-2H3. The number of hydrogen-bond donors (Lipinski definition) is 0. The van der Waals surface area contributed by atoms with Crippen molar-refractivity contribution in [2.75, 3.05) is 31.1 Å². The maximum atomic E-state index is 12.8. The molecule has 3 heterocycles. The van der Waals surface area contributed by atoms with Crippen molar-refractivity contribution in [1.82, 2.24) is 14.9 Å². The summed E-state index contributed by atoms with van der Waals surface area (Å²) in [6, 6.07) is 12.6. The van der Waals surface area contributed by atoms with Gasteiger partial charge in [-0.25, -0.2) is 9.97 Å². The summed E-state index contributed by atoms with van der Waals surface area (Å²) in [5.74, 6) is 2.77. The van der Waals surface area contributed by atoms with E-state index in [2.05, 4.69) is 43.0 Å². The van der Waals surface area contributed by atoms with Crippen molar-refractivity contribution in [2.45, 2.75) is 45.4 Å². The molecule has 1 amide bonds. The molecule has 5 rings (SSSR count). The SMILES string of the molecule is CCc1nc(C2CC2)nc(N2CCN(C(=O)c3cccs3)CC2)c1Cc1cccc(C)c1. The fraction of sp³-hybridized carbons (Fsp3) is 0.423. The Morgan fingerprint density at radius 3 is 2.56 bits per heavy atom. The van der Waals surface area contributed by atoms with Crippen LogP contribution in [0.1, 0.15) is 63.6 Å². The van der Waals surface area contributed by atoms with Gasteiger partial charge in [0.05, 0.1) is 4.88 Å². The van der Waals surface area contributed by atoms with Gasteiger partial charge in [0.1, 0.15) is 11.6 Å². The highest BCUT2D eigenvalue weighted by Crippen LogP contribution is 2.40. The molecule has 0 atom stereocenters. The predicted octanol–water partition coefficient (Wildman–Crippen LogP) is 4.84. The maximum Gasteiger partial charge on any atom is 0.264 e. The molecule has 1 aliphatic heterocycles. The van der Waals surface area contributed by atoms with E-state index in [4.69, 9.17) is 9.97 Å². The van der Waals surface area contributed by atoms with Crippen molar-refractivity contribution in [2.24, 2.45) is 0 Å². The average Bonchev–Trinajstić information content (AvgIpc) is 3.52. The van der Waals surface area contributed by atoms with Crippen LogP contribution in [0, 0.1) is 6.92 Å². The minimum Gasteiger partial charge on any atom is -0.353 e. The fourth-order valence-electron chi connectivity index (χ4n) is 4.50. The first kappa shape index (κ1) is 21.1. The van der Waals surface area contributed by atoms with Crippen molar-refractivity contribution in [3.63, 3.8) is 0 Å². The predicted molar refractivity (Wildman–Crippen MR) is 130 cm³/mol. The second-order valence-electron chi connectivity index (χ2n) is 8.88. The van der Waals surface area contributed by atoms with Crippen LogP contribution in [0.15, 0.2) is 41.8 Å². The molecule has 1 aromatic carbocycles. The molecular formula is C26H30N4OS. The van der Waals surface area contributed by atoms with E-state index in [0.29, 0.717) is 5.92 Å². The molecule has 32 heavy (non-hydrogen) atoms. The molecule has 3 aromatic rings. The van der Waals surface area contributed by atoms with Gasteiger partial charge in [0, 0.05) is 49.8 Å². The number of aryl methyl sites for hydroxylation is 2. The van der Waals surface area contributed by atoms with Crippen LogP contribution in [0.2, 0.25) is 0 Å². The Kier molecular flexibility index (Phi) is 5.96. The Morgan fingerprint density at radius 2 is 1.91 bits per heavy atom. The van der Waals surface area contributed by atoms with Crippen molar-refractivity contribution >= 4 is 23.1 Å². The number of anilines is 1. The van der Waals surface area contributed by atoms with Crippen LogP contribution in [0.3, 0.4) is 0 Å². The van der Waals surface area contributed by atoms with Crippen molar-refractivity contribution < 1.29 is 4.79 Å². The molecule has 0 spiro atoms. The summed E-state index contributed by atoms with van der Waals surface area (Å²) in [6.07, 6.45) is 4.15. The second-order valence-corrected chi connectivity index (χ2v) is 9.83. The first-order valence-electron chi connectivity index (χ1n) is 11.7. The summed E-state index contributed by atoms with van der Waals surface area (Å²) < 4.78 is 0. The van der Waals surface area contributed by atoms with Gasteiger partial charge in [0.2, 0.25) is 0 Å². The van der Waals surface area contributed by atoms with Gasteiger partial charge in [-0.05, 0) is 43.2 Å². The summed E-state index contributed by atoms with van der Waals surface area (Å²) in [6.45, 7) is 7.40. The zero-order valence-corrected chi connectivity index (χ0v) is 19.7. The van der Waals surface area contributed by atoms with Gasteiger partial charge < -0.3 is 9.80 Å². The Hall–Kier alpha value is -2.73. The molecule has 5 nitrogen and oxygen atoms in total. The highest BCUT2D eigenvalue weighted by molar-refractivity contribution is 7.12. The number of thiophene rings is 1. The molecule has 2 fully saturated rings. The first-order valence-corrected chi connectivity index (χ1v) is 12.5. The molecule has 0 radical (unpaired) electrons. The normalized spacial score (nSPS) is 16.4. The molecule has 1 saturated carbocycles. The molecule has 166 valence electrons. The molecule has 2 aliphatic rings. The van der Waals surface area contributed by atoms with E-state index in [9.17, 15) is 4.79 Å². The third-order valence-electron chi connectivity index (χ3n) is 6.43. The van der Waals surface area contributed by atoms with Crippen LogP contribution in [0.25, 0.3) is 0 Å². The molecule has 6 heteroatoms. The van der Waals surface area contributed by atoms with Gasteiger partial charge >= 0.3 is 0 Å². The number of amides is 1. The number of aromatic nitrogens is 2. The summed E-state index contributed by atoms with van der Waals surface area (Å²) in [7, 11) is 0. The summed E-state index contributed by atoms with van der Waals surface area (Å²) in [5.41, 5.74) is 5.00.